The standard InChI is InChI=1S/C17H29N3O/c1-5-20-9-8-19(11-13(20)2)12-16-10-15(14(3)18)6-7-17(16)21-4/h6-7,10,13-14H,5,8-9,11-12,18H2,1-4H3. The Morgan fingerprint density at radius 3 is 2.71 bits per heavy atom. The van der Waals surface area contributed by atoms with Crippen molar-refractivity contribution in [2.24, 2.45) is 5.73 Å². The summed E-state index contributed by atoms with van der Waals surface area (Å²) in [6, 6.07) is 6.97. The fourth-order valence-electron chi connectivity index (χ4n) is 3.13. The Balaban J connectivity index is 2.10. The van der Waals surface area contributed by atoms with Gasteiger partial charge in [0.15, 0.2) is 0 Å². The summed E-state index contributed by atoms with van der Waals surface area (Å²) in [5.74, 6) is 0.963. The van der Waals surface area contributed by atoms with Gasteiger partial charge in [-0.3, -0.25) is 9.80 Å². The van der Waals surface area contributed by atoms with Crippen LogP contribution in [0, 0.1) is 0 Å². The van der Waals surface area contributed by atoms with Gasteiger partial charge >= 0.3 is 0 Å². The fourth-order valence-corrected chi connectivity index (χ4v) is 3.13. The Morgan fingerprint density at radius 1 is 1.38 bits per heavy atom. The van der Waals surface area contributed by atoms with E-state index >= 15 is 0 Å². The van der Waals surface area contributed by atoms with Crippen molar-refractivity contribution in [2.75, 3.05) is 33.3 Å². The van der Waals surface area contributed by atoms with E-state index in [1.165, 1.54) is 11.1 Å². The van der Waals surface area contributed by atoms with Crippen molar-refractivity contribution in [2.45, 2.75) is 39.4 Å². The molecule has 0 aromatic heterocycles. The average molecular weight is 291 g/mol. The number of ether oxygens (including phenoxy) is 1. The molecule has 2 unspecified atom stereocenters. The van der Waals surface area contributed by atoms with Gasteiger partial charge in [-0.25, -0.2) is 0 Å². The molecule has 1 fully saturated rings. The topological polar surface area (TPSA) is 41.7 Å². The highest BCUT2D eigenvalue weighted by Gasteiger charge is 2.23. The van der Waals surface area contributed by atoms with Gasteiger partial charge < -0.3 is 10.5 Å². The number of methoxy groups -OCH3 is 1. The van der Waals surface area contributed by atoms with Crippen LogP contribution < -0.4 is 10.5 Å². The van der Waals surface area contributed by atoms with Gasteiger partial charge in [0.05, 0.1) is 7.11 Å². The Kier molecular flexibility index (Phi) is 5.62. The highest BCUT2D eigenvalue weighted by molar-refractivity contribution is 5.38. The molecule has 2 N–H and O–H groups in total. The van der Waals surface area contributed by atoms with Gasteiger partial charge in [-0.1, -0.05) is 13.0 Å². The van der Waals surface area contributed by atoms with E-state index < -0.39 is 0 Å². The van der Waals surface area contributed by atoms with Crippen LogP contribution in [0.1, 0.15) is 37.9 Å². The minimum atomic E-state index is 0.0607. The van der Waals surface area contributed by atoms with Crippen molar-refractivity contribution in [1.29, 1.82) is 0 Å². The molecule has 1 heterocycles. The maximum atomic E-state index is 6.00. The molecule has 1 aromatic rings. The number of hydrogen-bond donors (Lipinski definition) is 1. The second-order valence-electron chi connectivity index (χ2n) is 6.07. The van der Waals surface area contributed by atoms with Gasteiger partial charge in [0, 0.05) is 43.8 Å². The molecular formula is C17H29N3O. The van der Waals surface area contributed by atoms with E-state index in [9.17, 15) is 0 Å². The third kappa shape index (κ3) is 3.96. The molecule has 0 amide bonds. The number of benzene rings is 1. The van der Waals surface area contributed by atoms with E-state index in [-0.39, 0.29) is 6.04 Å². The Hall–Kier alpha value is -1.10. The van der Waals surface area contributed by atoms with Crippen LogP contribution in [0.2, 0.25) is 0 Å². The zero-order valence-corrected chi connectivity index (χ0v) is 13.8. The summed E-state index contributed by atoms with van der Waals surface area (Å²) in [7, 11) is 1.74. The molecule has 1 aliphatic rings. The largest absolute Gasteiger partial charge is 0.496 e. The van der Waals surface area contributed by atoms with Crippen LogP contribution in [0.15, 0.2) is 18.2 Å². The maximum Gasteiger partial charge on any atom is 0.123 e. The van der Waals surface area contributed by atoms with Crippen molar-refractivity contribution in [1.82, 2.24) is 9.80 Å². The van der Waals surface area contributed by atoms with E-state index in [2.05, 4.69) is 35.8 Å². The van der Waals surface area contributed by atoms with Crippen LogP contribution in [-0.4, -0.2) is 49.1 Å². The van der Waals surface area contributed by atoms with Gasteiger partial charge in [-0.15, -0.1) is 0 Å². The third-order valence-corrected chi connectivity index (χ3v) is 4.48. The van der Waals surface area contributed by atoms with Crippen molar-refractivity contribution < 1.29 is 4.74 Å². The second-order valence-corrected chi connectivity index (χ2v) is 6.07. The number of rotatable bonds is 5. The molecule has 0 bridgehead atoms. The molecule has 0 radical (unpaired) electrons. The second kappa shape index (κ2) is 7.25. The summed E-state index contributed by atoms with van der Waals surface area (Å²) in [5, 5.41) is 0. The van der Waals surface area contributed by atoms with Crippen LogP contribution in [0.3, 0.4) is 0 Å². The summed E-state index contributed by atoms with van der Waals surface area (Å²) in [4.78, 5) is 5.05. The highest BCUT2D eigenvalue weighted by Crippen LogP contribution is 2.25. The Labute approximate surface area is 128 Å². The normalized spacial score (nSPS) is 22.2. The van der Waals surface area contributed by atoms with Gasteiger partial charge in [0.1, 0.15) is 5.75 Å². The average Bonchev–Trinajstić information content (AvgIpc) is 2.47. The molecule has 4 heteroatoms. The number of nitrogens with zero attached hydrogens (tertiary/aromatic N) is 2. The van der Waals surface area contributed by atoms with Crippen LogP contribution in [0.5, 0.6) is 5.75 Å². The van der Waals surface area contributed by atoms with E-state index in [4.69, 9.17) is 10.5 Å². The summed E-state index contributed by atoms with van der Waals surface area (Å²) < 4.78 is 5.51. The molecule has 2 rings (SSSR count). The smallest absolute Gasteiger partial charge is 0.123 e. The molecule has 1 aliphatic heterocycles. The number of likely N-dealkylation sites (N-methyl/N-ethyl adjacent to an activating group) is 1. The van der Waals surface area contributed by atoms with Crippen LogP contribution in [0.4, 0.5) is 0 Å². The minimum Gasteiger partial charge on any atom is -0.496 e. The van der Waals surface area contributed by atoms with Crippen LogP contribution in [-0.2, 0) is 6.54 Å². The lowest BCUT2D eigenvalue weighted by molar-refractivity contribution is 0.0829. The molecular weight excluding hydrogens is 262 g/mol. The lowest BCUT2D eigenvalue weighted by Crippen LogP contribution is -2.51. The summed E-state index contributed by atoms with van der Waals surface area (Å²) in [5.41, 5.74) is 8.42. The monoisotopic (exact) mass is 291 g/mol. The zero-order chi connectivity index (χ0) is 15.4. The molecule has 0 saturated carbocycles. The first-order valence-electron chi connectivity index (χ1n) is 7.94. The SMILES string of the molecule is CCN1CCN(Cc2cc(C(C)N)ccc2OC)CC1C. The molecule has 118 valence electrons. The first kappa shape index (κ1) is 16.3. The lowest BCUT2D eigenvalue weighted by atomic mass is 10.0. The zero-order valence-electron chi connectivity index (χ0n) is 13.8. The van der Waals surface area contributed by atoms with E-state index in [0.29, 0.717) is 6.04 Å². The van der Waals surface area contributed by atoms with Crippen LogP contribution >= 0.6 is 0 Å². The van der Waals surface area contributed by atoms with Crippen molar-refractivity contribution in [3.63, 3.8) is 0 Å². The van der Waals surface area contributed by atoms with Crippen molar-refractivity contribution in [3.05, 3.63) is 29.3 Å². The van der Waals surface area contributed by atoms with Crippen molar-refractivity contribution >= 4 is 0 Å². The predicted octanol–water partition coefficient (Wildman–Crippen LogP) is 2.24. The Bertz CT molecular complexity index is 461. The fraction of sp³-hybridized carbons (Fsp3) is 0.647. The number of nitrogens with two attached hydrogens (primary N) is 1. The molecule has 1 aromatic carbocycles. The van der Waals surface area contributed by atoms with Gasteiger partial charge in [0.2, 0.25) is 0 Å². The van der Waals surface area contributed by atoms with Gasteiger partial charge in [-0.05, 0) is 38.1 Å². The summed E-state index contributed by atoms with van der Waals surface area (Å²) >= 11 is 0. The number of hydrogen-bond acceptors (Lipinski definition) is 4. The molecule has 0 spiro atoms. The molecule has 2 atom stereocenters. The van der Waals surface area contributed by atoms with Gasteiger partial charge in [-0.2, -0.15) is 0 Å². The number of piperazine rings is 1. The summed E-state index contributed by atoms with van der Waals surface area (Å²) in [6.45, 7) is 12.0. The first-order valence-corrected chi connectivity index (χ1v) is 7.94. The highest BCUT2D eigenvalue weighted by atomic mass is 16.5. The maximum absolute atomic E-state index is 6.00. The third-order valence-electron chi connectivity index (χ3n) is 4.48. The van der Waals surface area contributed by atoms with Gasteiger partial charge in [0.25, 0.3) is 0 Å². The quantitative estimate of drug-likeness (QED) is 0.903. The molecule has 1 saturated heterocycles. The Morgan fingerprint density at radius 2 is 2.14 bits per heavy atom. The van der Waals surface area contributed by atoms with E-state index in [0.717, 1.165) is 38.5 Å². The first-order chi connectivity index (χ1) is 10.0. The predicted molar refractivity (Wildman–Crippen MR) is 87.6 cm³/mol. The summed E-state index contributed by atoms with van der Waals surface area (Å²) in [6.07, 6.45) is 0. The molecule has 21 heavy (non-hydrogen) atoms. The lowest BCUT2D eigenvalue weighted by Gasteiger charge is -2.39. The molecule has 0 aliphatic carbocycles. The van der Waals surface area contributed by atoms with E-state index in [1.54, 1.807) is 7.11 Å². The molecule has 4 nitrogen and oxygen atoms in total. The van der Waals surface area contributed by atoms with E-state index in [1.807, 2.05) is 13.0 Å². The minimum absolute atomic E-state index is 0.0607. The van der Waals surface area contributed by atoms with Crippen LogP contribution in [0.25, 0.3) is 0 Å². The van der Waals surface area contributed by atoms with Crippen molar-refractivity contribution in [3.8, 4) is 5.75 Å².